The highest BCUT2D eigenvalue weighted by Crippen LogP contribution is 2.37. The van der Waals surface area contributed by atoms with Gasteiger partial charge in [-0.2, -0.15) is 0 Å². The second-order valence-corrected chi connectivity index (χ2v) is 12.4. The Morgan fingerprint density at radius 1 is 1.16 bits per heavy atom. The van der Waals surface area contributed by atoms with Crippen LogP contribution in [0.1, 0.15) is 43.9 Å². The Morgan fingerprint density at radius 2 is 1.93 bits per heavy atom. The SMILES string of the molecule is CCOC(=O)C1=C(C)N=c2s/c(=C\c3cn(CC(=O)N4CCCC4)c4ccccc34)c(=O)n2[C@H]1c1cc(Br)ccc1OC. The van der Waals surface area contributed by atoms with E-state index in [0.717, 1.165) is 46.9 Å². The van der Waals surface area contributed by atoms with Gasteiger partial charge in [-0.3, -0.25) is 14.2 Å². The smallest absolute Gasteiger partial charge is 0.338 e. The van der Waals surface area contributed by atoms with Gasteiger partial charge in [0.15, 0.2) is 4.80 Å². The minimum atomic E-state index is -0.802. The van der Waals surface area contributed by atoms with Gasteiger partial charge >= 0.3 is 5.97 Å². The molecule has 2 aliphatic heterocycles. The number of likely N-dealkylation sites (tertiary alicyclic amines) is 1. The van der Waals surface area contributed by atoms with E-state index in [0.29, 0.717) is 26.3 Å². The Kier molecular flexibility index (Phi) is 8.11. The highest BCUT2D eigenvalue weighted by molar-refractivity contribution is 9.10. The highest BCUT2D eigenvalue weighted by atomic mass is 79.9. The van der Waals surface area contributed by atoms with Crippen molar-refractivity contribution in [1.82, 2.24) is 14.0 Å². The zero-order chi connectivity index (χ0) is 30.2. The number of methoxy groups -OCH3 is 1. The van der Waals surface area contributed by atoms with E-state index in [1.807, 2.05) is 58.1 Å². The van der Waals surface area contributed by atoms with Crippen molar-refractivity contribution in [2.45, 2.75) is 39.3 Å². The molecule has 222 valence electrons. The maximum Gasteiger partial charge on any atom is 0.338 e. The van der Waals surface area contributed by atoms with Gasteiger partial charge in [-0.15, -0.1) is 0 Å². The minimum Gasteiger partial charge on any atom is -0.496 e. The van der Waals surface area contributed by atoms with E-state index in [9.17, 15) is 14.4 Å². The molecule has 4 aromatic rings. The van der Waals surface area contributed by atoms with Crippen LogP contribution in [0.3, 0.4) is 0 Å². The molecule has 6 rings (SSSR count). The Morgan fingerprint density at radius 3 is 2.67 bits per heavy atom. The van der Waals surface area contributed by atoms with Gasteiger partial charge in [-0.1, -0.05) is 45.5 Å². The van der Waals surface area contributed by atoms with Crippen LogP contribution < -0.4 is 19.6 Å². The maximum atomic E-state index is 14.2. The number of ether oxygens (including phenoxy) is 2. The molecule has 0 radical (unpaired) electrons. The number of para-hydroxylation sites is 1. The number of esters is 1. The van der Waals surface area contributed by atoms with E-state index < -0.39 is 12.0 Å². The topological polar surface area (TPSA) is 95.1 Å². The van der Waals surface area contributed by atoms with E-state index in [4.69, 9.17) is 14.5 Å². The summed E-state index contributed by atoms with van der Waals surface area (Å²) in [5.74, 6) is 0.0925. The van der Waals surface area contributed by atoms with Crippen LogP contribution in [-0.2, 0) is 20.9 Å². The first kappa shape index (κ1) is 29.1. The van der Waals surface area contributed by atoms with Crippen LogP contribution in [0.25, 0.3) is 17.0 Å². The number of allylic oxidation sites excluding steroid dienone is 1. The Labute approximate surface area is 260 Å². The molecule has 0 saturated carbocycles. The summed E-state index contributed by atoms with van der Waals surface area (Å²) in [6.45, 7) is 5.51. The molecular weight excluding hydrogens is 632 g/mol. The highest BCUT2D eigenvalue weighted by Gasteiger charge is 2.35. The first-order valence-corrected chi connectivity index (χ1v) is 15.8. The quantitative estimate of drug-likeness (QED) is 0.277. The lowest BCUT2D eigenvalue weighted by Gasteiger charge is -2.26. The van der Waals surface area contributed by atoms with E-state index in [2.05, 4.69) is 15.9 Å². The summed E-state index contributed by atoms with van der Waals surface area (Å²) >= 11 is 4.80. The zero-order valence-corrected chi connectivity index (χ0v) is 26.5. The maximum absolute atomic E-state index is 14.2. The molecule has 1 fully saturated rings. The number of fused-ring (bicyclic) bond motifs is 2. The van der Waals surface area contributed by atoms with Crippen molar-refractivity contribution < 1.29 is 19.1 Å². The summed E-state index contributed by atoms with van der Waals surface area (Å²) in [5.41, 5.74) is 2.87. The molecule has 2 aliphatic rings. The second-order valence-electron chi connectivity index (χ2n) is 10.5. The molecule has 0 spiro atoms. The van der Waals surface area contributed by atoms with Gasteiger partial charge in [0.2, 0.25) is 5.91 Å². The monoisotopic (exact) mass is 662 g/mol. The minimum absolute atomic E-state index is 0.0918. The Balaban J connectivity index is 1.51. The Hall–Kier alpha value is -3.96. The summed E-state index contributed by atoms with van der Waals surface area (Å²) in [5, 5.41) is 0.941. The number of thiazole rings is 1. The molecule has 2 aromatic heterocycles. The summed E-state index contributed by atoms with van der Waals surface area (Å²) in [4.78, 5) is 47.6. The lowest BCUT2D eigenvalue weighted by Crippen LogP contribution is -2.40. The molecule has 1 saturated heterocycles. The van der Waals surface area contributed by atoms with Crippen LogP contribution in [0.15, 0.2) is 74.2 Å². The van der Waals surface area contributed by atoms with Gasteiger partial charge in [0, 0.05) is 45.8 Å². The van der Waals surface area contributed by atoms with Crippen molar-refractivity contribution in [1.29, 1.82) is 0 Å². The number of carbonyl (C=O) groups excluding carboxylic acids is 2. The van der Waals surface area contributed by atoms with Gasteiger partial charge in [0.1, 0.15) is 18.3 Å². The van der Waals surface area contributed by atoms with E-state index in [-0.39, 0.29) is 30.2 Å². The first-order valence-electron chi connectivity index (χ1n) is 14.2. The molecule has 1 atom stereocenters. The number of nitrogens with zero attached hydrogens (tertiary/aromatic N) is 4. The average molecular weight is 664 g/mol. The standard InChI is InChI=1S/C32H31BrN4O5S/c1-4-42-31(40)28-19(2)34-32-37(29(28)23-16-21(33)11-12-25(23)41-3)30(39)26(43-32)15-20-17-36(24-10-6-5-9-22(20)24)18-27(38)35-13-7-8-14-35/h5-6,9-12,15-17,29H,4,7-8,13-14,18H2,1-3H3/b26-15-/t29-/m0/s1. The fourth-order valence-corrected chi connectivity index (χ4v) is 7.30. The third-order valence-corrected chi connectivity index (χ3v) is 9.35. The molecule has 43 heavy (non-hydrogen) atoms. The van der Waals surface area contributed by atoms with Crippen LogP contribution in [0, 0.1) is 0 Å². The van der Waals surface area contributed by atoms with Crippen molar-refractivity contribution in [2.75, 3.05) is 26.8 Å². The number of hydrogen-bond donors (Lipinski definition) is 0. The Bertz CT molecular complexity index is 1970. The van der Waals surface area contributed by atoms with Crippen LogP contribution in [0.5, 0.6) is 5.75 Å². The van der Waals surface area contributed by atoms with Gasteiger partial charge in [0.05, 0.1) is 29.5 Å². The second kappa shape index (κ2) is 12.0. The van der Waals surface area contributed by atoms with Crippen molar-refractivity contribution in [2.24, 2.45) is 4.99 Å². The van der Waals surface area contributed by atoms with Gasteiger partial charge in [-0.25, -0.2) is 9.79 Å². The third kappa shape index (κ3) is 5.36. The fourth-order valence-electron chi connectivity index (χ4n) is 5.88. The third-order valence-electron chi connectivity index (χ3n) is 7.87. The van der Waals surface area contributed by atoms with Crippen molar-refractivity contribution in [3.05, 3.63) is 95.2 Å². The number of carbonyl (C=O) groups is 2. The lowest BCUT2D eigenvalue weighted by atomic mass is 9.95. The summed E-state index contributed by atoms with van der Waals surface area (Å²) in [6, 6.07) is 12.6. The number of hydrogen-bond acceptors (Lipinski definition) is 7. The molecule has 0 aliphatic carbocycles. The molecule has 9 nitrogen and oxygen atoms in total. The summed E-state index contributed by atoms with van der Waals surface area (Å²) in [6.07, 6.45) is 5.85. The molecule has 4 heterocycles. The molecule has 0 bridgehead atoms. The average Bonchev–Trinajstić information content (AvgIpc) is 3.72. The summed E-state index contributed by atoms with van der Waals surface area (Å²) < 4.78 is 15.8. The van der Waals surface area contributed by atoms with Crippen molar-refractivity contribution in [3.63, 3.8) is 0 Å². The number of halogens is 1. The largest absolute Gasteiger partial charge is 0.496 e. The zero-order valence-electron chi connectivity index (χ0n) is 24.1. The van der Waals surface area contributed by atoms with Gasteiger partial charge in [-0.05, 0) is 57.0 Å². The van der Waals surface area contributed by atoms with Crippen LogP contribution in [-0.4, -0.2) is 52.7 Å². The number of rotatable bonds is 7. The van der Waals surface area contributed by atoms with E-state index in [1.54, 1.807) is 31.6 Å². The van der Waals surface area contributed by atoms with E-state index in [1.165, 1.54) is 11.3 Å². The fraction of sp³-hybridized carbons (Fsp3) is 0.312. The van der Waals surface area contributed by atoms with Gasteiger partial charge in [0.25, 0.3) is 5.56 Å². The molecular formula is C32H31BrN4O5S. The van der Waals surface area contributed by atoms with Crippen molar-refractivity contribution >= 4 is 56.1 Å². The normalized spacial score (nSPS) is 16.9. The van der Waals surface area contributed by atoms with Crippen LogP contribution in [0.2, 0.25) is 0 Å². The van der Waals surface area contributed by atoms with Gasteiger partial charge < -0.3 is 18.9 Å². The molecule has 11 heteroatoms. The number of benzene rings is 2. The summed E-state index contributed by atoms with van der Waals surface area (Å²) in [7, 11) is 1.56. The molecule has 2 aromatic carbocycles. The molecule has 1 amide bonds. The van der Waals surface area contributed by atoms with Crippen LogP contribution >= 0.6 is 27.3 Å². The molecule has 0 unspecified atom stereocenters. The molecule has 0 N–H and O–H groups in total. The van der Waals surface area contributed by atoms with Crippen molar-refractivity contribution in [3.8, 4) is 5.75 Å². The predicted octanol–water partition coefficient (Wildman–Crippen LogP) is 4.15. The first-order chi connectivity index (χ1) is 20.8. The number of aromatic nitrogens is 2. The van der Waals surface area contributed by atoms with Crippen LogP contribution in [0.4, 0.5) is 0 Å². The number of amides is 1. The predicted molar refractivity (Wildman–Crippen MR) is 169 cm³/mol. The van der Waals surface area contributed by atoms with E-state index >= 15 is 0 Å². The lowest BCUT2D eigenvalue weighted by molar-refractivity contribution is -0.139.